The van der Waals surface area contributed by atoms with Crippen LogP contribution in [0.15, 0.2) is 29.6 Å². The van der Waals surface area contributed by atoms with E-state index in [4.69, 9.17) is 10.00 Å². The molecule has 0 saturated heterocycles. The van der Waals surface area contributed by atoms with Crippen molar-refractivity contribution in [3.8, 4) is 6.07 Å². The summed E-state index contributed by atoms with van der Waals surface area (Å²) >= 11 is 1.18. The largest absolute Gasteiger partial charge is 0.456 e. The molecule has 0 fully saturated rings. The Morgan fingerprint density at radius 1 is 1.35 bits per heavy atom. The molecule has 26 heavy (non-hydrogen) atoms. The van der Waals surface area contributed by atoms with Crippen LogP contribution < -0.4 is 5.32 Å². The van der Waals surface area contributed by atoms with Crippen molar-refractivity contribution in [1.29, 1.82) is 5.26 Å². The van der Waals surface area contributed by atoms with Crippen molar-refractivity contribution in [1.82, 2.24) is 10.3 Å². The first-order valence-electron chi connectivity index (χ1n) is 7.44. The van der Waals surface area contributed by atoms with Gasteiger partial charge >= 0.3 is 5.97 Å². The highest BCUT2D eigenvalue weighted by Crippen LogP contribution is 2.20. The van der Waals surface area contributed by atoms with Crippen molar-refractivity contribution in [3.05, 3.63) is 51.7 Å². The second-order valence-electron chi connectivity index (χ2n) is 5.21. The fourth-order valence-electron chi connectivity index (χ4n) is 1.91. The Bertz CT molecular complexity index is 858. The number of aryl methyl sites for hydroxylation is 1. The zero-order valence-electron chi connectivity index (χ0n) is 13.7. The van der Waals surface area contributed by atoms with Crippen molar-refractivity contribution in [2.75, 3.05) is 13.2 Å². The van der Waals surface area contributed by atoms with E-state index < -0.39 is 42.5 Å². The summed E-state index contributed by atoms with van der Waals surface area (Å²) in [5, 5.41) is 13.5. The maximum absolute atomic E-state index is 12.8. The van der Waals surface area contributed by atoms with Gasteiger partial charge in [-0.3, -0.25) is 14.4 Å². The van der Waals surface area contributed by atoms with E-state index in [9.17, 15) is 18.8 Å². The molecule has 1 aromatic heterocycles. The first-order valence-corrected chi connectivity index (χ1v) is 8.32. The van der Waals surface area contributed by atoms with Crippen molar-refractivity contribution >= 4 is 29.0 Å². The molecular formula is C17H14FN3O4S. The Labute approximate surface area is 152 Å². The molecule has 0 unspecified atom stereocenters. The molecule has 7 nitrogen and oxygen atoms in total. The SMILES string of the molecule is Cc1csc([C@@H](C#N)C(=O)COC(=O)CNC(=O)c2ccc(F)cc2)n1. The number of thiazole rings is 1. The van der Waals surface area contributed by atoms with Gasteiger partial charge in [-0.15, -0.1) is 11.3 Å². The maximum atomic E-state index is 12.8. The molecule has 1 amide bonds. The van der Waals surface area contributed by atoms with E-state index in [1.165, 1.54) is 23.5 Å². The van der Waals surface area contributed by atoms with Gasteiger partial charge in [0.05, 0.1) is 6.07 Å². The van der Waals surface area contributed by atoms with Crippen LogP contribution in [0.2, 0.25) is 0 Å². The normalized spacial score (nSPS) is 11.3. The number of carbonyl (C=O) groups is 3. The molecule has 134 valence electrons. The van der Waals surface area contributed by atoms with E-state index in [1.807, 2.05) is 6.07 Å². The highest BCUT2D eigenvalue weighted by atomic mass is 32.1. The lowest BCUT2D eigenvalue weighted by atomic mass is 10.1. The molecule has 1 aromatic carbocycles. The first kappa shape index (κ1) is 19.2. The minimum atomic E-state index is -1.10. The Morgan fingerprint density at radius 3 is 2.62 bits per heavy atom. The number of hydrogen-bond acceptors (Lipinski definition) is 7. The number of amides is 1. The van der Waals surface area contributed by atoms with Crippen LogP contribution in [0.25, 0.3) is 0 Å². The highest BCUT2D eigenvalue weighted by Gasteiger charge is 2.24. The molecule has 1 N–H and O–H groups in total. The number of nitrogens with one attached hydrogen (secondary N) is 1. The zero-order chi connectivity index (χ0) is 19.1. The van der Waals surface area contributed by atoms with Gasteiger partial charge in [-0.2, -0.15) is 5.26 Å². The number of esters is 1. The van der Waals surface area contributed by atoms with Gasteiger partial charge in [-0.25, -0.2) is 9.37 Å². The molecular weight excluding hydrogens is 361 g/mol. The second-order valence-corrected chi connectivity index (χ2v) is 6.10. The van der Waals surface area contributed by atoms with Gasteiger partial charge in [-0.1, -0.05) is 0 Å². The average molecular weight is 375 g/mol. The van der Waals surface area contributed by atoms with Gasteiger partial charge in [0, 0.05) is 16.6 Å². The third-order valence-electron chi connectivity index (χ3n) is 3.21. The van der Waals surface area contributed by atoms with Crippen molar-refractivity contribution in [3.63, 3.8) is 0 Å². The molecule has 1 heterocycles. The number of Topliss-reactive ketones (excluding diaryl/α,β-unsaturated/α-hetero) is 1. The smallest absolute Gasteiger partial charge is 0.325 e. The van der Waals surface area contributed by atoms with Crippen molar-refractivity contribution in [2.45, 2.75) is 12.8 Å². The molecule has 0 saturated carbocycles. The fourth-order valence-corrected chi connectivity index (χ4v) is 2.77. The summed E-state index contributed by atoms with van der Waals surface area (Å²) in [6.45, 7) is 0.682. The predicted octanol–water partition coefficient (Wildman–Crippen LogP) is 1.74. The van der Waals surface area contributed by atoms with Crippen LogP contribution in [-0.4, -0.2) is 35.8 Å². The summed E-state index contributed by atoms with van der Waals surface area (Å²) in [6.07, 6.45) is 0. The molecule has 0 aliphatic carbocycles. The molecule has 2 rings (SSSR count). The van der Waals surface area contributed by atoms with Gasteiger partial charge in [0.25, 0.3) is 5.91 Å². The number of carbonyl (C=O) groups excluding carboxylic acids is 3. The summed E-state index contributed by atoms with van der Waals surface area (Å²) in [6, 6.07) is 6.62. The van der Waals surface area contributed by atoms with Crippen LogP contribution in [0.1, 0.15) is 27.0 Å². The third kappa shape index (κ3) is 5.19. The lowest BCUT2D eigenvalue weighted by Gasteiger charge is -2.08. The Kier molecular flexibility index (Phi) is 6.52. The van der Waals surface area contributed by atoms with Gasteiger partial charge in [0.15, 0.2) is 18.3 Å². The summed E-state index contributed by atoms with van der Waals surface area (Å²) in [5.74, 6) is -3.60. The van der Waals surface area contributed by atoms with Crippen molar-refractivity contribution < 1.29 is 23.5 Å². The van der Waals surface area contributed by atoms with Crippen LogP contribution in [-0.2, 0) is 14.3 Å². The van der Waals surface area contributed by atoms with Crippen LogP contribution in [0.5, 0.6) is 0 Å². The van der Waals surface area contributed by atoms with E-state index >= 15 is 0 Å². The van der Waals surface area contributed by atoms with E-state index in [2.05, 4.69) is 10.3 Å². The quantitative estimate of drug-likeness (QED) is 0.738. The molecule has 2 aromatic rings. The molecule has 0 aliphatic rings. The van der Waals surface area contributed by atoms with E-state index in [0.717, 1.165) is 12.1 Å². The molecule has 0 spiro atoms. The molecule has 9 heteroatoms. The van der Waals surface area contributed by atoms with Crippen LogP contribution in [0.3, 0.4) is 0 Å². The monoisotopic (exact) mass is 375 g/mol. The average Bonchev–Trinajstić information content (AvgIpc) is 3.05. The summed E-state index contributed by atoms with van der Waals surface area (Å²) in [7, 11) is 0. The van der Waals surface area contributed by atoms with Crippen molar-refractivity contribution in [2.24, 2.45) is 0 Å². The minimum absolute atomic E-state index is 0.180. The number of ketones is 1. The number of nitriles is 1. The van der Waals surface area contributed by atoms with E-state index in [1.54, 1.807) is 12.3 Å². The number of hydrogen-bond donors (Lipinski definition) is 1. The molecule has 0 aliphatic heterocycles. The minimum Gasteiger partial charge on any atom is -0.456 e. The number of benzene rings is 1. The van der Waals surface area contributed by atoms with Gasteiger partial charge in [-0.05, 0) is 31.2 Å². The topological polar surface area (TPSA) is 109 Å². The summed E-state index contributed by atoms with van der Waals surface area (Å²) in [5.41, 5.74) is 0.873. The van der Waals surface area contributed by atoms with Crippen LogP contribution >= 0.6 is 11.3 Å². The third-order valence-corrected chi connectivity index (χ3v) is 4.24. The lowest BCUT2D eigenvalue weighted by molar-refractivity contribution is -0.146. The molecule has 0 radical (unpaired) electrons. The summed E-state index contributed by atoms with van der Waals surface area (Å²) in [4.78, 5) is 39.5. The standard InChI is InChI=1S/C17H14FN3O4S/c1-10-9-26-17(21-10)13(6-19)14(22)8-25-15(23)7-20-16(24)11-2-4-12(18)5-3-11/h2-5,9,13H,7-8H2,1H3,(H,20,24)/t13-/m0/s1. The summed E-state index contributed by atoms with van der Waals surface area (Å²) < 4.78 is 17.6. The Balaban J connectivity index is 1.80. The number of nitrogens with zero attached hydrogens (tertiary/aromatic N) is 2. The Morgan fingerprint density at radius 2 is 2.04 bits per heavy atom. The van der Waals surface area contributed by atoms with Crippen LogP contribution in [0, 0.1) is 24.1 Å². The predicted molar refractivity (Wildman–Crippen MR) is 89.9 cm³/mol. The van der Waals surface area contributed by atoms with E-state index in [-0.39, 0.29) is 5.56 Å². The fraction of sp³-hybridized carbons (Fsp3) is 0.235. The number of halogens is 1. The first-order chi connectivity index (χ1) is 12.4. The van der Waals surface area contributed by atoms with Crippen LogP contribution in [0.4, 0.5) is 4.39 Å². The number of ether oxygens (including phenoxy) is 1. The molecule has 1 atom stereocenters. The highest BCUT2D eigenvalue weighted by molar-refractivity contribution is 7.09. The molecule has 0 bridgehead atoms. The van der Waals surface area contributed by atoms with E-state index in [0.29, 0.717) is 10.7 Å². The number of aromatic nitrogens is 1. The zero-order valence-corrected chi connectivity index (χ0v) is 14.5. The maximum Gasteiger partial charge on any atom is 0.325 e. The second kappa shape index (κ2) is 8.82. The Hall–Kier alpha value is -3.12. The van der Waals surface area contributed by atoms with Gasteiger partial charge in [0.2, 0.25) is 0 Å². The lowest BCUT2D eigenvalue weighted by Crippen LogP contribution is -2.32. The van der Waals surface area contributed by atoms with Gasteiger partial charge in [0.1, 0.15) is 17.4 Å². The van der Waals surface area contributed by atoms with Gasteiger partial charge < -0.3 is 10.1 Å². The number of rotatable bonds is 7.